The van der Waals surface area contributed by atoms with Crippen LogP contribution >= 0.6 is 12.4 Å². The molecule has 0 aliphatic rings. The van der Waals surface area contributed by atoms with Gasteiger partial charge in [0.2, 0.25) is 0 Å². The lowest BCUT2D eigenvalue weighted by atomic mass is 10.1. The van der Waals surface area contributed by atoms with Crippen LogP contribution < -0.4 is 0 Å². The van der Waals surface area contributed by atoms with Gasteiger partial charge < -0.3 is 0 Å². The number of aryl methyl sites for hydroxylation is 1. The Hall–Kier alpha value is -1.95. The SMILES string of the molecule is CCn1ccc2ncc(-c3cccc(C(F)(F)F)c3)n21.Cl. The Morgan fingerprint density at radius 2 is 1.95 bits per heavy atom. The predicted octanol–water partition coefficient (Wildman–Crippen LogP) is 4.26. The molecule has 0 saturated carbocycles. The Labute approximate surface area is 125 Å². The second-order valence-corrected chi connectivity index (χ2v) is 4.46. The molecule has 1 aromatic carbocycles. The summed E-state index contributed by atoms with van der Waals surface area (Å²) in [5.41, 5.74) is 1.22. The van der Waals surface area contributed by atoms with E-state index in [0.717, 1.165) is 17.8 Å². The lowest BCUT2D eigenvalue weighted by molar-refractivity contribution is -0.137. The fourth-order valence-electron chi connectivity index (χ4n) is 2.26. The maximum Gasteiger partial charge on any atom is 0.416 e. The van der Waals surface area contributed by atoms with Crippen molar-refractivity contribution in [2.24, 2.45) is 0 Å². The van der Waals surface area contributed by atoms with Crippen molar-refractivity contribution in [3.63, 3.8) is 0 Å². The Morgan fingerprint density at radius 1 is 1.19 bits per heavy atom. The van der Waals surface area contributed by atoms with E-state index in [1.807, 2.05) is 28.4 Å². The highest BCUT2D eigenvalue weighted by Gasteiger charge is 2.30. The zero-order chi connectivity index (χ0) is 14.3. The standard InChI is InChI=1S/C14H12F3N3.ClH/c1-2-19-7-6-13-18-9-12(20(13)19)10-4-3-5-11(8-10)14(15,16)17;/h3-9H,2H2,1H3;1H. The smallest absolute Gasteiger partial charge is 0.287 e. The molecular weight excluding hydrogens is 303 g/mol. The molecule has 3 rings (SSSR count). The molecule has 7 heteroatoms. The molecule has 2 heterocycles. The first-order valence-corrected chi connectivity index (χ1v) is 6.21. The Bertz CT molecular complexity index is 758. The van der Waals surface area contributed by atoms with Gasteiger partial charge in [0.1, 0.15) is 0 Å². The minimum Gasteiger partial charge on any atom is -0.287 e. The van der Waals surface area contributed by atoms with Crippen molar-refractivity contribution in [1.29, 1.82) is 0 Å². The second kappa shape index (κ2) is 5.44. The molecule has 0 bridgehead atoms. The molecule has 0 N–H and O–H groups in total. The summed E-state index contributed by atoms with van der Waals surface area (Å²) in [6.45, 7) is 2.68. The minimum absolute atomic E-state index is 0. The van der Waals surface area contributed by atoms with E-state index in [0.29, 0.717) is 17.8 Å². The molecule has 3 nitrogen and oxygen atoms in total. The Balaban J connectivity index is 0.00000161. The van der Waals surface area contributed by atoms with Crippen molar-refractivity contribution >= 4 is 18.1 Å². The maximum absolute atomic E-state index is 12.8. The van der Waals surface area contributed by atoms with E-state index in [1.165, 1.54) is 6.07 Å². The van der Waals surface area contributed by atoms with Crippen molar-refractivity contribution in [3.05, 3.63) is 48.3 Å². The molecular formula is C14H13ClF3N3. The van der Waals surface area contributed by atoms with Gasteiger partial charge in [0.15, 0.2) is 5.65 Å². The molecule has 0 aliphatic carbocycles. The van der Waals surface area contributed by atoms with E-state index >= 15 is 0 Å². The highest BCUT2D eigenvalue weighted by molar-refractivity contribution is 5.85. The van der Waals surface area contributed by atoms with Gasteiger partial charge in [-0.3, -0.25) is 4.68 Å². The van der Waals surface area contributed by atoms with Crippen LogP contribution in [0.5, 0.6) is 0 Å². The van der Waals surface area contributed by atoms with Gasteiger partial charge in [0.05, 0.1) is 17.5 Å². The summed E-state index contributed by atoms with van der Waals surface area (Å²) < 4.78 is 42.1. The Morgan fingerprint density at radius 3 is 2.62 bits per heavy atom. The van der Waals surface area contributed by atoms with E-state index in [9.17, 15) is 13.2 Å². The van der Waals surface area contributed by atoms with Crippen LogP contribution in [-0.4, -0.2) is 14.2 Å². The summed E-state index contributed by atoms with van der Waals surface area (Å²) >= 11 is 0. The fraction of sp³-hybridized carbons (Fsp3) is 0.214. The van der Waals surface area contributed by atoms with Crippen LogP contribution in [-0.2, 0) is 12.7 Å². The first-order chi connectivity index (χ1) is 9.50. The molecule has 2 aromatic heterocycles. The molecule has 0 aliphatic heterocycles. The maximum atomic E-state index is 12.8. The van der Waals surface area contributed by atoms with E-state index in [2.05, 4.69) is 4.98 Å². The average molecular weight is 316 g/mol. The first-order valence-electron chi connectivity index (χ1n) is 6.21. The number of imidazole rings is 1. The number of hydrogen-bond donors (Lipinski definition) is 0. The number of nitrogens with zero attached hydrogens (tertiary/aromatic N) is 3. The number of halogens is 4. The van der Waals surface area contributed by atoms with E-state index < -0.39 is 11.7 Å². The molecule has 0 unspecified atom stereocenters. The van der Waals surface area contributed by atoms with Gasteiger partial charge in [-0.15, -0.1) is 12.4 Å². The van der Waals surface area contributed by atoms with Crippen LogP contribution in [0.2, 0.25) is 0 Å². The molecule has 21 heavy (non-hydrogen) atoms. The molecule has 112 valence electrons. The summed E-state index contributed by atoms with van der Waals surface area (Å²) in [6.07, 6.45) is -0.886. The predicted molar refractivity (Wildman–Crippen MR) is 76.5 cm³/mol. The third-order valence-corrected chi connectivity index (χ3v) is 3.23. The van der Waals surface area contributed by atoms with E-state index in [4.69, 9.17) is 0 Å². The van der Waals surface area contributed by atoms with Crippen LogP contribution in [0.15, 0.2) is 42.7 Å². The van der Waals surface area contributed by atoms with Crippen LogP contribution in [0.4, 0.5) is 13.2 Å². The molecule has 0 spiro atoms. The average Bonchev–Trinajstić information content (AvgIpc) is 2.98. The lowest BCUT2D eigenvalue weighted by Gasteiger charge is -2.09. The van der Waals surface area contributed by atoms with Crippen molar-refractivity contribution < 1.29 is 13.2 Å². The van der Waals surface area contributed by atoms with Crippen LogP contribution in [0.1, 0.15) is 12.5 Å². The van der Waals surface area contributed by atoms with Crippen molar-refractivity contribution in [2.75, 3.05) is 0 Å². The summed E-state index contributed by atoms with van der Waals surface area (Å²) in [5, 5.41) is 0. The molecule has 3 aromatic rings. The number of alkyl halides is 3. The highest BCUT2D eigenvalue weighted by Crippen LogP contribution is 2.32. The monoisotopic (exact) mass is 315 g/mol. The Kier molecular flexibility index (Phi) is 4.00. The van der Waals surface area contributed by atoms with Gasteiger partial charge >= 0.3 is 6.18 Å². The van der Waals surface area contributed by atoms with E-state index in [1.54, 1.807) is 12.3 Å². The third-order valence-electron chi connectivity index (χ3n) is 3.23. The number of aromatic nitrogens is 3. The van der Waals surface area contributed by atoms with Gasteiger partial charge in [-0.25, -0.2) is 9.50 Å². The van der Waals surface area contributed by atoms with Crippen LogP contribution in [0, 0.1) is 0 Å². The normalized spacial score (nSPS) is 11.6. The van der Waals surface area contributed by atoms with Crippen LogP contribution in [0.3, 0.4) is 0 Å². The van der Waals surface area contributed by atoms with Crippen LogP contribution in [0.25, 0.3) is 16.9 Å². The quantitative estimate of drug-likeness (QED) is 0.692. The molecule has 0 saturated heterocycles. The van der Waals surface area contributed by atoms with Gasteiger partial charge in [-0.1, -0.05) is 12.1 Å². The summed E-state index contributed by atoms with van der Waals surface area (Å²) in [7, 11) is 0. The second-order valence-electron chi connectivity index (χ2n) is 4.46. The molecule has 0 atom stereocenters. The summed E-state index contributed by atoms with van der Waals surface area (Å²) in [4.78, 5) is 4.22. The van der Waals surface area contributed by atoms with Crippen molar-refractivity contribution in [1.82, 2.24) is 14.2 Å². The number of benzene rings is 1. The van der Waals surface area contributed by atoms with Gasteiger partial charge in [-0.2, -0.15) is 13.2 Å². The third kappa shape index (κ3) is 2.63. The zero-order valence-corrected chi connectivity index (χ0v) is 11.9. The largest absolute Gasteiger partial charge is 0.416 e. The summed E-state index contributed by atoms with van der Waals surface area (Å²) in [6, 6.07) is 7.13. The molecule has 0 amide bonds. The summed E-state index contributed by atoms with van der Waals surface area (Å²) in [5.74, 6) is 0. The topological polar surface area (TPSA) is 22.2 Å². The number of rotatable bonds is 2. The lowest BCUT2D eigenvalue weighted by Crippen LogP contribution is -2.06. The molecule has 0 fully saturated rings. The number of hydrogen-bond acceptors (Lipinski definition) is 1. The van der Waals surface area contributed by atoms with Crippen molar-refractivity contribution in [3.8, 4) is 11.3 Å². The minimum atomic E-state index is -4.34. The zero-order valence-electron chi connectivity index (χ0n) is 11.1. The molecule has 0 radical (unpaired) electrons. The van der Waals surface area contributed by atoms with Crippen molar-refractivity contribution in [2.45, 2.75) is 19.6 Å². The van der Waals surface area contributed by atoms with E-state index in [-0.39, 0.29) is 12.4 Å². The van der Waals surface area contributed by atoms with Gasteiger partial charge in [0, 0.05) is 24.4 Å². The van der Waals surface area contributed by atoms with Gasteiger partial charge in [-0.05, 0) is 19.1 Å². The van der Waals surface area contributed by atoms with Gasteiger partial charge in [0.25, 0.3) is 0 Å². The highest BCUT2D eigenvalue weighted by atomic mass is 35.5. The fourth-order valence-corrected chi connectivity index (χ4v) is 2.26. The first kappa shape index (κ1) is 15.4. The number of fused-ring (bicyclic) bond motifs is 1.